The van der Waals surface area contributed by atoms with Crippen molar-refractivity contribution in [1.82, 2.24) is 0 Å². The monoisotopic (exact) mass is 274 g/mol. The minimum absolute atomic E-state index is 0.502. The molecule has 1 fully saturated rings. The van der Waals surface area contributed by atoms with Gasteiger partial charge in [-0.15, -0.1) is 0 Å². The molecule has 1 aromatic carbocycles. The Bertz CT molecular complexity index is 292. The molecule has 0 amide bonds. The predicted octanol–water partition coefficient (Wildman–Crippen LogP) is 3.14. The van der Waals surface area contributed by atoms with Crippen molar-refractivity contribution < 1.29 is 4.74 Å². The van der Waals surface area contributed by atoms with Crippen LogP contribution < -0.4 is 4.74 Å². The molecule has 1 saturated carbocycles. The molecule has 64 valence electrons. The van der Waals surface area contributed by atoms with Crippen molar-refractivity contribution in [2.75, 3.05) is 0 Å². The van der Waals surface area contributed by atoms with E-state index in [1.165, 1.54) is 22.0 Å². The van der Waals surface area contributed by atoms with E-state index in [1.54, 1.807) is 0 Å². The average Bonchev–Trinajstić information content (AvgIpc) is 2.83. The lowest BCUT2D eigenvalue weighted by Gasteiger charge is -2.08. The molecule has 0 spiro atoms. The number of ether oxygens (including phenoxy) is 1. The van der Waals surface area contributed by atoms with Crippen LogP contribution in [-0.4, -0.2) is 6.10 Å². The highest BCUT2D eigenvalue weighted by Crippen LogP contribution is 2.30. The van der Waals surface area contributed by atoms with Crippen LogP contribution in [0.2, 0.25) is 0 Å². The molecule has 0 unspecified atom stereocenters. The zero-order chi connectivity index (χ0) is 8.55. The van der Waals surface area contributed by atoms with Crippen molar-refractivity contribution in [2.45, 2.75) is 25.9 Å². The molecule has 0 radical (unpaired) electrons. The van der Waals surface area contributed by atoms with Crippen LogP contribution in [0.25, 0.3) is 0 Å². The maximum Gasteiger partial charge on any atom is 0.123 e. The van der Waals surface area contributed by atoms with Gasteiger partial charge in [0.05, 0.1) is 6.10 Å². The Labute approximate surface area is 86.3 Å². The normalized spacial score (nSPS) is 16.2. The van der Waals surface area contributed by atoms with Crippen molar-refractivity contribution in [1.29, 1.82) is 0 Å². The summed E-state index contributed by atoms with van der Waals surface area (Å²) in [6, 6.07) is 6.21. The molecule has 2 heteroatoms. The molecule has 0 heterocycles. The third-order valence-corrected chi connectivity index (χ3v) is 3.20. The number of halogens is 1. The maximum atomic E-state index is 5.73. The van der Waals surface area contributed by atoms with Gasteiger partial charge in [0.1, 0.15) is 5.75 Å². The zero-order valence-corrected chi connectivity index (χ0v) is 9.17. The molecule has 0 atom stereocenters. The Morgan fingerprint density at radius 3 is 2.83 bits per heavy atom. The van der Waals surface area contributed by atoms with Gasteiger partial charge in [-0.25, -0.2) is 0 Å². The highest BCUT2D eigenvalue weighted by molar-refractivity contribution is 14.1. The summed E-state index contributed by atoms with van der Waals surface area (Å²) in [4.78, 5) is 0. The molecule has 1 nitrogen and oxygen atoms in total. The molecule has 0 aromatic heterocycles. The molecule has 1 aliphatic rings. The average molecular weight is 274 g/mol. The van der Waals surface area contributed by atoms with Crippen LogP contribution in [0.5, 0.6) is 5.75 Å². The Morgan fingerprint density at radius 1 is 1.42 bits per heavy atom. The lowest BCUT2D eigenvalue weighted by atomic mass is 10.2. The highest BCUT2D eigenvalue weighted by atomic mass is 127. The van der Waals surface area contributed by atoms with Gasteiger partial charge < -0.3 is 4.74 Å². The van der Waals surface area contributed by atoms with E-state index in [1.807, 2.05) is 6.07 Å². The van der Waals surface area contributed by atoms with Gasteiger partial charge >= 0.3 is 0 Å². The second kappa shape index (κ2) is 3.24. The quantitative estimate of drug-likeness (QED) is 0.753. The van der Waals surface area contributed by atoms with Crippen LogP contribution in [0, 0.1) is 10.5 Å². The smallest absolute Gasteiger partial charge is 0.123 e. The number of hydrogen-bond donors (Lipinski definition) is 0. The van der Waals surface area contributed by atoms with E-state index < -0.39 is 0 Å². The van der Waals surface area contributed by atoms with E-state index in [0.717, 1.165) is 5.75 Å². The molecule has 1 aromatic rings. The number of benzene rings is 1. The molecule has 0 saturated heterocycles. The Hall–Kier alpha value is -0.250. The molecule has 0 bridgehead atoms. The summed E-state index contributed by atoms with van der Waals surface area (Å²) in [6.45, 7) is 2.11. The first kappa shape index (κ1) is 8.35. The third-order valence-electron chi connectivity index (χ3n) is 2.04. The zero-order valence-electron chi connectivity index (χ0n) is 7.01. The van der Waals surface area contributed by atoms with Crippen molar-refractivity contribution in [2.24, 2.45) is 0 Å². The van der Waals surface area contributed by atoms with Gasteiger partial charge in [-0.2, -0.15) is 0 Å². The van der Waals surface area contributed by atoms with Crippen LogP contribution >= 0.6 is 22.6 Å². The predicted molar refractivity (Wildman–Crippen MR) is 57.5 cm³/mol. The summed E-state index contributed by atoms with van der Waals surface area (Å²) in [5.74, 6) is 1.06. The van der Waals surface area contributed by atoms with Gasteiger partial charge in [-0.3, -0.25) is 0 Å². The summed E-state index contributed by atoms with van der Waals surface area (Å²) in [5, 5.41) is 0. The van der Waals surface area contributed by atoms with E-state index in [2.05, 4.69) is 41.6 Å². The largest absolute Gasteiger partial charge is 0.490 e. The van der Waals surface area contributed by atoms with Gasteiger partial charge in [-0.1, -0.05) is 6.07 Å². The Kier molecular flexibility index (Phi) is 2.26. The van der Waals surface area contributed by atoms with Crippen LogP contribution in [0.3, 0.4) is 0 Å². The molecule has 0 aliphatic heterocycles. The van der Waals surface area contributed by atoms with E-state index in [0.29, 0.717) is 6.10 Å². The Morgan fingerprint density at radius 2 is 2.17 bits per heavy atom. The maximum absolute atomic E-state index is 5.73. The van der Waals surface area contributed by atoms with E-state index in [4.69, 9.17) is 4.74 Å². The van der Waals surface area contributed by atoms with Crippen molar-refractivity contribution in [3.8, 4) is 5.75 Å². The summed E-state index contributed by atoms with van der Waals surface area (Å²) in [7, 11) is 0. The van der Waals surface area contributed by atoms with Crippen LogP contribution in [0.1, 0.15) is 18.4 Å². The summed E-state index contributed by atoms with van der Waals surface area (Å²) in [5.41, 5.74) is 1.27. The van der Waals surface area contributed by atoms with Gasteiger partial charge in [0.15, 0.2) is 0 Å². The standard InChI is InChI=1S/C10H11IO/c1-7-9(11)3-2-4-10(7)12-8-5-6-8/h2-4,8H,5-6H2,1H3. The SMILES string of the molecule is Cc1c(I)cccc1OC1CC1. The first-order chi connectivity index (χ1) is 5.77. The minimum atomic E-state index is 0.502. The Balaban J connectivity index is 2.23. The lowest BCUT2D eigenvalue weighted by Crippen LogP contribution is -1.98. The fourth-order valence-electron chi connectivity index (χ4n) is 1.08. The molecule has 0 N–H and O–H groups in total. The first-order valence-electron chi connectivity index (χ1n) is 4.19. The molecular weight excluding hydrogens is 263 g/mol. The highest BCUT2D eigenvalue weighted by Gasteiger charge is 2.24. The van der Waals surface area contributed by atoms with Crippen molar-refractivity contribution in [3.63, 3.8) is 0 Å². The van der Waals surface area contributed by atoms with E-state index >= 15 is 0 Å². The van der Waals surface area contributed by atoms with Crippen LogP contribution in [-0.2, 0) is 0 Å². The van der Waals surface area contributed by atoms with E-state index in [9.17, 15) is 0 Å². The fraction of sp³-hybridized carbons (Fsp3) is 0.400. The fourth-order valence-corrected chi connectivity index (χ4v) is 1.55. The second-order valence-electron chi connectivity index (χ2n) is 3.18. The van der Waals surface area contributed by atoms with Gasteiger partial charge in [0.25, 0.3) is 0 Å². The van der Waals surface area contributed by atoms with Crippen molar-refractivity contribution in [3.05, 3.63) is 27.3 Å². The summed E-state index contributed by atoms with van der Waals surface area (Å²) in [6.07, 6.45) is 2.96. The third kappa shape index (κ3) is 1.73. The molecule has 2 rings (SSSR count). The summed E-state index contributed by atoms with van der Waals surface area (Å²) >= 11 is 2.34. The number of rotatable bonds is 2. The minimum Gasteiger partial charge on any atom is -0.490 e. The summed E-state index contributed by atoms with van der Waals surface area (Å²) < 4.78 is 7.02. The number of hydrogen-bond acceptors (Lipinski definition) is 1. The van der Waals surface area contributed by atoms with Crippen LogP contribution in [0.15, 0.2) is 18.2 Å². The second-order valence-corrected chi connectivity index (χ2v) is 4.34. The molecule has 12 heavy (non-hydrogen) atoms. The van der Waals surface area contributed by atoms with Gasteiger partial charge in [0, 0.05) is 9.13 Å². The molecular formula is C10H11IO. The topological polar surface area (TPSA) is 9.23 Å². The van der Waals surface area contributed by atoms with E-state index in [-0.39, 0.29) is 0 Å². The van der Waals surface area contributed by atoms with Gasteiger partial charge in [0.2, 0.25) is 0 Å². The van der Waals surface area contributed by atoms with Crippen molar-refractivity contribution >= 4 is 22.6 Å². The lowest BCUT2D eigenvalue weighted by molar-refractivity contribution is 0.301. The van der Waals surface area contributed by atoms with Crippen LogP contribution in [0.4, 0.5) is 0 Å². The van der Waals surface area contributed by atoms with Gasteiger partial charge in [-0.05, 0) is 54.5 Å². The first-order valence-corrected chi connectivity index (χ1v) is 5.27. The molecule has 1 aliphatic carbocycles.